The molecule has 140 valence electrons. The van der Waals surface area contributed by atoms with Gasteiger partial charge >= 0.3 is 11.9 Å². The number of ether oxygens (including phenoxy) is 1. The van der Waals surface area contributed by atoms with Gasteiger partial charge in [-0.2, -0.15) is 0 Å². The van der Waals surface area contributed by atoms with Crippen LogP contribution in [0.25, 0.3) is 10.4 Å². The first-order valence-corrected chi connectivity index (χ1v) is 9.15. The predicted molar refractivity (Wildman–Crippen MR) is 96.4 cm³/mol. The van der Waals surface area contributed by atoms with Gasteiger partial charge < -0.3 is 9.84 Å². The van der Waals surface area contributed by atoms with Gasteiger partial charge in [-0.3, -0.25) is 14.5 Å². The summed E-state index contributed by atoms with van der Waals surface area (Å²) in [5, 5.41) is 12.6. The van der Waals surface area contributed by atoms with Crippen molar-refractivity contribution in [3.8, 4) is 0 Å². The zero-order valence-corrected chi connectivity index (χ0v) is 15.1. The van der Waals surface area contributed by atoms with Crippen molar-refractivity contribution in [2.75, 3.05) is 5.75 Å². The van der Waals surface area contributed by atoms with Gasteiger partial charge in [0.25, 0.3) is 0 Å². The second kappa shape index (κ2) is 7.73. The van der Waals surface area contributed by atoms with Crippen molar-refractivity contribution in [2.24, 2.45) is 5.11 Å². The molecule has 0 aromatic heterocycles. The van der Waals surface area contributed by atoms with Crippen LogP contribution in [0, 0.1) is 0 Å². The monoisotopic (exact) mass is 388 g/mol. The smallest absolute Gasteiger partial charge is 0.352 e. The number of nitrogens with zero attached hydrogens (tertiary/aromatic N) is 4. The Morgan fingerprint density at radius 1 is 1.44 bits per heavy atom. The number of β-lactam (4-membered cyclic amide) rings is 1. The van der Waals surface area contributed by atoms with Crippen molar-refractivity contribution in [3.05, 3.63) is 57.6 Å². The molecule has 1 aromatic rings. The van der Waals surface area contributed by atoms with Crippen LogP contribution in [0.3, 0.4) is 0 Å². The van der Waals surface area contributed by atoms with E-state index in [0.29, 0.717) is 12.0 Å². The Hall–Kier alpha value is -2.97. The molecule has 1 unspecified atom stereocenters. The number of fused-ring (bicyclic) bond motifs is 1. The van der Waals surface area contributed by atoms with Crippen LogP contribution in [-0.4, -0.2) is 51.1 Å². The number of azide groups is 1. The molecule has 0 saturated carbocycles. The maximum Gasteiger partial charge on any atom is 0.352 e. The van der Waals surface area contributed by atoms with Crippen molar-refractivity contribution in [1.82, 2.24) is 4.90 Å². The molecule has 1 fully saturated rings. The molecule has 3 rings (SSSR count). The number of benzene rings is 1. The SMILES string of the molecule is CC(=O)OC(Cc1ccccc1)C1=C(C(=O)O)N2C(=O)[C@H](N=[N+]=[N-])[C@H]2SC1. The zero-order chi connectivity index (χ0) is 19.6. The molecular weight excluding hydrogens is 372 g/mol. The van der Waals surface area contributed by atoms with E-state index in [4.69, 9.17) is 10.3 Å². The summed E-state index contributed by atoms with van der Waals surface area (Å²) in [6, 6.07) is 8.30. The van der Waals surface area contributed by atoms with E-state index < -0.39 is 35.4 Å². The predicted octanol–water partition coefficient (Wildman–Crippen LogP) is 2.09. The Bertz CT molecular complexity index is 865. The Balaban J connectivity index is 1.98. The third kappa shape index (κ3) is 3.62. The number of esters is 1. The Morgan fingerprint density at radius 2 is 2.15 bits per heavy atom. The van der Waals surface area contributed by atoms with Crippen LogP contribution >= 0.6 is 11.8 Å². The van der Waals surface area contributed by atoms with Crippen LogP contribution < -0.4 is 0 Å². The summed E-state index contributed by atoms with van der Waals surface area (Å²) in [5.74, 6) is -2.14. The Labute approximate surface area is 158 Å². The third-order valence-electron chi connectivity index (χ3n) is 4.31. The van der Waals surface area contributed by atoms with Crippen molar-refractivity contribution < 1.29 is 24.2 Å². The van der Waals surface area contributed by atoms with E-state index in [1.165, 1.54) is 18.7 Å². The minimum atomic E-state index is -1.28. The first kappa shape index (κ1) is 18.8. The van der Waals surface area contributed by atoms with Gasteiger partial charge in [-0.25, -0.2) is 4.79 Å². The van der Waals surface area contributed by atoms with Gasteiger partial charge in [-0.1, -0.05) is 35.4 Å². The molecule has 0 spiro atoms. The number of rotatable bonds is 6. The van der Waals surface area contributed by atoms with E-state index in [9.17, 15) is 19.5 Å². The summed E-state index contributed by atoms with van der Waals surface area (Å²) in [5.41, 5.74) is 9.61. The van der Waals surface area contributed by atoms with Gasteiger partial charge in [0.2, 0.25) is 5.91 Å². The van der Waals surface area contributed by atoms with E-state index in [1.807, 2.05) is 30.3 Å². The number of thioether (sulfide) groups is 1. The van der Waals surface area contributed by atoms with Crippen molar-refractivity contribution in [3.63, 3.8) is 0 Å². The van der Waals surface area contributed by atoms with E-state index in [-0.39, 0.29) is 11.4 Å². The number of carbonyl (C=O) groups excluding carboxylic acids is 2. The average molecular weight is 388 g/mol. The average Bonchev–Trinajstić information content (AvgIpc) is 2.64. The third-order valence-corrected chi connectivity index (χ3v) is 5.60. The first-order valence-electron chi connectivity index (χ1n) is 8.10. The highest BCUT2D eigenvalue weighted by molar-refractivity contribution is 8.00. The molecule has 2 aliphatic heterocycles. The molecule has 1 aromatic carbocycles. The van der Waals surface area contributed by atoms with Crippen LogP contribution in [0.5, 0.6) is 0 Å². The standard InChI is InChI=1S/C17H16N4O5S/c1-9(22)26-12(7-10-5-3-2-4-6-10)11-8-27-16-13(19-20-18)15(23)21(16)14(11)17(24)25/h2-6,12-13,16H,7-8H2,1H3,(H,24,25)/t12?,13-,16+/m0/s1. The Morgan fingerprint density at radius 3 is 2.74 bits per heavy atom. The quantitative estimate of drug-likeness (QED) is 0.261. The molecule has 2 aliphatic rings. The van der Waals surface area contributed by atoms with Gasteiger partial charge in [0.05, 0.1) is 0 Å². The van der Waals surface area contributed by atoms with Crippen LogP contribution in [0.1, 0.15) is 12.5 Å². The molecule has 2 heterocycles. The highest BCUT2D eigenvalue weighted by atomic mass is 32.2. The number of hydrogen-bond acceptors (Lipinski definition) is 6. The molecule has 0 bridgehead atoms. The van der Waals surface area contributed by atoms with Gasteiger partial charge in [-0.15, -0.1) is 11.8 Å². The first-order chi connectivity index (χ1) is 12.9. The molecule has 0 radical (unpaired) electrons. The van der Waals surface area contributed by atoms with E-state index >= 15 is 0 Å². The van der Waals surface area contributed by atoms with Crippen LogP contribution in [-0.2, 0) is 25.5 Å². The molecule has 3 atom stereocenters. The summed E-state index contributed by atoms with van der Waals surface area (Å²) in [7, 11) is 0. The topological polar surface area (TPSA) is 133 Å². The number of hydrogen-bond donors (Lipinski definition) is 1. The maximum atomic E-state index is 12.3. The summed E-state index contributed by atoms with van der Waals surface area (Å²) in [6.07, 6.45) is -0.518. The van der Waals surface area contributed by atoms with Crippen LogP contribution in [0.4, 0.5) is 0 Å². The fourth-order valence-electron chi connectivity index (χ4n) is 3.16. The zero-order valence-electron chi connectivity index (χ0n) is 14.3. The molecule has 10 heteroatoms. The fourth-order valence-corrected chi connectivity index (χ4v) is 4.55. The normalized spacial score (nSPS) is 22.3. The number of aliphatic carboxylic acids is 1. The van der Waals surface area contributed by atoms with E-state index in [0.717, 1.165) is 10.5 Å². The second-order valence-corrected chi connectivity index (χ2v) is 7.13. The minimum Gasteiger partial charge on any atom is -0.477 e. The minimum absolute atomic E-state index is 0.199. The lowest BCUT2D eigenvalue weighted by Crippen LogP contribution is -2.64. The van der Waals surface area contributed by atoms with Gasteiger partial charge in [0.15, 0.2) is 0 Å². The van der Waals surface area contributed by atoms with Gasteiger partial charge in [0.1, 0.15) is 23.2 Å². The van der Waals surface area contributed by atoms with E-state index in [1.54, 1.807) is 0 Å². The maximum absolute atomic E-state index is 12.3. The molecule has 1 saturated heterocycles. The fraction of sp³-hybridized carbons (Fsp3) is 0.353. The number of carbonyl (C=O) groups is 3. The van der Waals surface area contributed by atoms with Crippen LogP contribution in [0.2, 0.25) is 0 Å². The van der Waals surface area contributed by atoms with Crippen molar-refractivity contribution >= 4 is 29.6 Å². The highest BCUT2D eigenvalue weighted by Gasteiger charge is 2.54. The lowest BCUT2D eigenvalue weighted by atomic mass is 9.97. The molecular formula is C17H16N4O5S. The number of carboxylic acids is 1. The summed E-state index contributed by atoms with van der Waals surface area (Å²) >= 11 is 1.29. The van der Waals surface area contributed by atoms with E-state index in [2.05, 4.69) is 10.0 Å². The molecule has 27 heavy (non-hydrogen) atoms. The summed E-state index contributed by atoms with van der Waals surface area (Å²) < 4.78 is 5.40. The van der Waals surface area contributed by atoms with Crippen molar-refractivity contribution in [1.29, 1.82) is 0 Å². The molecule has 1 N–H and O–H groups in total. The summed E-state index contributed by atoms with van der Waals surface area (Å²) in [4.78, 5) is 39.6. The molecule has 1 amide bonds. The lowest BCUT2D eigenvalue weighted by Gasteiger charge is -2.48. The molecule has 9 nitrogen and oxygen atoms in total. The van der Waals surface area contributed by atoms with Crippen molar-refractivity contribution in [2.45, 2.75) is 30.9 Å². The lowest BCUT2D eigenvalue weighted by molar-refractivity contribution is -0.149. The Kier molecular flexibility index (Phi) is 5.38. The number of amides is 1. The summed E-state index contributed by atoms with van der Waals surface area (Å²) in [6.45, 7) is 1.25. The largest absolute Gasteiger partial charge is 0.477 e. The second-order valence-electron chi connectivity index (χ2n) is 6.03. The number of carboxylic acid groups (broad SMARTS) is 1. The highest BCUT2D eigenvalue weighted by Crippen LogP contribution is 2.43. The van der Waals surface area contributed by atoms with Crippen LogP contribution in [0.15, 0.2) is 46.7 Å². The van der Waals surface area contributed by atoms with Gasteiger partial charge in [-0.05, 0) is 11.1 Å². The van der Waals surface area contributed by atoms with Gasteiger partial charge in [0, 0.05) is 29.6 Å². The molecule has 0 aliphatic carbocycles.